The lowest BCUT2D eigenvalue weighted by Gasteiger charge is -2.22. The Kier molecular flexibility index (Phi) is 5.28. The molecule has 1 aromatic rings. The fourth-order valence-electron chi connectivity index (χ4n) is 2.97. The standard InChI is InChI=1S/C17H23ClN2O3/c1-12(11-20-5-2-4-16(20)21)19-10-13-8-14(18)17-15(9-13)22-6-3-7-23-17/h8-9,12,19H,2-7,10-11H2,1H3. The zero-order valence-corrected chi connectivity index (χ0v) is 14.2. The molecule has 1 unspecified atom stereocenters. The molecular weight excluding hydrogens is 316 g/mol. The number of amides is 1. The van der Waals surface area contributed by atoms with Gasteiger partial charge in [-0.05, 0) is 31.0 Å². The predicted molar refractivity (Wildman–Crippen MR) is 89.2 cm³/mol. The predicted octanol–water partition coefficient (Wildman–Crippen LogP) is 2.60. The quantitative estimate of drug-likeness (QED) is 0.896. The molecule has 5 nitrogen and oxygen atoms in total. The fourth-order valence-corrected chi connectivity index (χ4v) is 3.26. The molecule has 1 saturated heterocycles. The molecule has 1 amide bonds. The summed E-state index contributed by atoms with van der Waals surface area (Å²) in [5.41, 5.74) is 1.05. The number of carbonyl (C=O) groups excluding carboxylic acids is 1. The van der Waals surface area contributed by atoms with Crippen LogP contribution in [0.15, 0.2) is 12.1 Å². The summed E-state index contributed by atoms with van der Waals surface area (Å²) in [5, 5.41) is 4.03. The van der Waals surface area contributed by atoms with Crippen molar-refractivity contribution in [1.82, 2.24) is 10.2 Å². The lowest BCUT2D eigenvalue weighted by Crippen LogP contribution is -2.39. The van der Waals surface area contributed by atoms with Gasteiger partial charge >= 0.3 is 0 Å². The van der Waals surface area contributed by atoms with E-state index in [1.54, 1.807) is 0 Å². The zero-order chi connectivity index (χ0) is 16.2. The van der Waals surface area contributed by atoms with Crippen molar-refractivity contribution in [3.05, 3.63) is 22.7 Å². The van der Waals surface area contributed by atoms with Crippen molar-refractivity contribution in [1.29, 1.82) is 0 Å². The molecule has 0 aliphatic carbocycles. The zero-order valence-electron chi connectivity index (χ0n) is 13.4. The van der Waals surface area contributed by atoms with Crippen LogP contribution in [0, 0.1) is 0 Å². The van der Waals surface area contributed by atoms with E-state index in [0.717, 1.165) is 31.5 Å². The highest BCUT2D eigenvalue weighted by Gasteiger charge is 2.21. The molecule has 1 N–H and O–H groups in total. The second kappa shape index (κ2) is 7.41. The van der Waals surface area contributed by atoms with Crippen LogP contribution in [0.1, 0.15) is 31.7 Å². The maximum Gasteiger partial charge on any atom is 0.222 e. The average molecular weight is 339 g/mol. The highest BCUT2D eigenvalue weighted by Crippen LogP contribution is 2.37. The van der Waals surface area contributed by atoms with Crippen LogP contribution < -0.4 is 14.8 Å². The molecular formula is C17H23ClN2O3. The van der Waals surface area contributed by atoms with E-state index in [2.05, 4.69) is 12.2 Å². The third kappa shape index (κ3) is 4.09. The van der Waals surface area contributed by atoms with Crippen molar-refractivity contribution in [3.8, 4) is 11.5 Å². The Morgan fingerprint density at radius 3 is 2.91 bits per heavy atom. The normalized spacial score (nSPS) is 18.9. The molecule has 2 aliphatic heterocycles. The van der Waals surface area contributed by atoms with E-state index < -0.39 is 0 Å². The number of carbonyl (C=O) groups is 1. The van der Waals surface area contributed by atoms with Gasteiger partial charge in [-0.15, -0.1) is 0 Å². The molecule has 0 spiro atoms. The molecule has 1 aromatic carbocycles. The number of rotatable bonds is 5. The third-order valence-corrected chi connectivity index (χ3v) is 4.46. The van der Waals surface area contributed by atoms with Gasteiger partial charge in [-0.2, -0.15) is 0 Å². The first-order valence-electron chi connectivity index (χ1n) is 8.22. The molecule has 0 saturated carbocycles. The van der Waals surface area contributed by atoms with Gasteiger partial charge in [0, 0.05) is 38.5 Å². The summed E-state index contributed by atoms with van der Waals surface area (Å²) in [6.45, 7) is 5.67. The van der Waals surface area contributed by atoms with Gasteiger partial charge in [0.25, 0.3) is 0 Å². The fraction of sp³-hybridized carbons (Fsp3) is 0.588. The molecule has 0 radical (unpaired) electrons. The number of nitrogens with zero attached hydrogens (tertiary/aromatic N) is 1. The molecule has 0 aromatic heterocycles. The number of halogens is 1. The first-order valence-corrected chi connectivity index (χ1v) is 8.60. The summed E-state index contributed by atoms with van der Waals surface area (Å²) < 4.78 is 11.3. The minimum atomic E-state index is 0.229. The van der Waals surface area contributed by atoms with Gasteiger partial charge in [0.1, 0.15) is 0 Å². The van der Waals surface area contributed by atoms with Crippen molar-refractivity contribution in [2.45, 2.75) is 38.8 Å². The maximum atomic E-state index is 11.7. The van der Waals surface area contributed by atoms with Crippen LogP contribution in [0.4, 0.5) is 0 Å². The second-order valence-electron chi connectivity index (χ2n) is 6.18. The monoisotopic (exact) mass is 338 g/mol. The van der Waals surface area contributed by atoms with Crippen LogP contribution in [-0.2, 0) is 11.3 Å². The number of fused-ring (bicyclic) bond motifs is 1. The van der Waals surface area contributed by atoms with E-state index in [9.17, 15) is 4.79 Å². The van der Waals surface area contributed by atoms with Crippen LogP contribution in [0.2, 0.25) is 5.02 Å². The van der Waals surface area contributed by atoms with E-state index >= 15 is 0 Å². The number of ether oxygens (including phenoxy) is 2. The Hall–Kier alpha value is -1.46. The summed E-state index contributed by atoms with van der Waals surface area (Å²) in [6.07, 6.45) is 2.52. The first kappa shape index (κ1) is 16.4. The lowest BCUT2D eigenvalue weighted by molar-refractivity contribution is -0.127. The second-order valence-corrected chi connectivity index (χ2v) is 6.59. The van der Waals surface area contributed by atoms with Crippen molar-refractivity contribution in [2.24, 2.45) is 0 Å². The Labute approximate surface area is 141 Å². The van der Waals surface area contributed by atoms with E-state index in [1.165, 1.54) is 0 Å². The molecule has 1 atom stereocenters. The highest BCUT2D eigenvalue weighted by molar-refractivity contribution is 6.32. The Morgan fingerprint density at radius 2 is 2.13 bits per heavy atom. The van der Waals surface area contributed by atoms with Crippen molar-refractivity contribution in [2.75, 3.05) is 26.3 Å². The molecule has 23 heavy (non-hydrogen) atoms. The van der Waals surface area contributed by atoms with Crippen LogP contribution in [-0.4, -0.2) is 43.2 Å². The molecule has 3 rings (SSSR count). The number of benzene rings is 1. The molecule has 2 heterocycles. The van der Waals surface area contributed by atoms with E-state index in [4.69, 9.17) is 21.1 Å². The Morgan fingerprint density at radius 1 is 1.30 bits per heavy atom. The maximum absolute atomic E-state index is 11.7. The van der Waals surface area contributed by atoms with Gasteiger partial charge in [0.2, 0.25) is 5.91 Å². The van der Waals surface area contributed by atoms with Gasteiger partial charge in [0.15, 0.2) is 11.5 Å². The van der Waals surface area contributed by atoms with Crippen molar-refractivity contribution >= 4 is 17.5 Å². The molecule has 0 bridgehead atoms. The van der Waals surface area contributed by atoms with E-state index in [0.29, 0.717) is 42.7 Å². The van der Waals surface area contributed by atoms with E-state index in [1.807, 2.05) is 17.0 Å². The first-order chi connectivity index (χ1) is 11.1. The summed E-state index contributed by atoms with van der Waals surface area (Å²) in [5.74, 6) is 1.62. The summed E-state index contributed by atoms with van der Waals surface area (Å²) in [7, 11) is 0. The number of likely N-dealkylation sites (tertiary alicyclic amines) is 1. The molecule has 126 valence electrons. The summed E-state index contributed by atoms with van der Waals surface area (Å²) in [4.78, 5) is 13.6. The minimum Gasteiger partial charge on any atom is -0.489 e. The van der Waals surface area contributed by atoms with Gasteiger partial charge in [-0.25, -0.2) is 0 Å². The number of nitrogens with one attached hydrogen (secondary N) is 1. The summed E-state index contributed by atoms with van der Waals surface area (Å²) >= 11 is 6.31. The smallest absolute Gasteiger partial charge is 0.222 e. The van der Waals surface area contributed by atoms with Gasteiger partial charge in [0.05, 0.1) is 18.2 Å². The van der Waals surface area contributed by atoms with Gasteiger partial charge in [-0.1, -0.05) is 11.6 Å². The molecule has 2 aliphatic rings. The van der Waals surface area contributed by atoms with Gasteiger partial charge < -0.3 is 19.7 Å². The van der Waals surface area contributed by atoms with Crippen LogP contribution >= 0.6 is 11.6 Å². The third-order valence-electron chi connectivity index (χ3n) is 4.18. The molecule has 1 fully saturated rings. The summed E-state index contributed by atoms with van der Waals surface area (Å²) in [6, 6.07) is 4.12. The van der Waals surface area contributed by atoms with Crippen LogP contribution in [0.3, 0.4) is 0 Å². The van der Waals surface area contributed by atoms with E-state index in [-0.39, 0.29) is 11.9 Å². The van der Waals surface area contributed by atoms with Crippen molar-refractivity contribution in [3.63, 3.8) is 0 Å². The molecule has 6 heteroatoms. The van der Waals surface area contributed by atoms with Crippen LogP contribution in [0.25, 0.3) is 0 Å². The topological polar surface area (TPSA) is 50.8 Å². The van der Waals surface area contributed by atoms with Gasteiger partial charge in [-0.3, -0.25) is 4.79 Å². The highest BCUT2D eigenvalue weighted by atomic mass is 35.5. The number of hydrogen-bond acceptors (Lipinski definition) is 4. The largest absolute Gasteiger partial charge is 0.489 e. The number of hydrogen-bond donors (Lipinski definition) is 1. The SMILES string of the molecule is CC(CN1CCCC1=O)NCc1cc(Cl)c2c(c1)OCCCO2. The van der Waals surface area contributed by atoms with Crippen molar-refractivity contribution < 1.29 is 14.3 Å². The lowest BCUT2D eigenvalue weighted by atomic mass is 10.2. The Balaban J connectivity index is 1.58. The average Bonchev–Trinajstić information content (AvgIpc) is 2.78. The Bertz CT molecular complexity index is 579. The van der Waals surface area contributed by atoms with Crippen LogP contribution in [0.5, 0.6) is 11.5 Å². The minimum absolute atomic E-state index is 0.229.